The van der Waals surface area contributed by atoms with Crippen LogP contribution in [0.1, 0.15) is 35.1 Å². The highest BCUT2D eigenvalue weighted by atomic mass is 35.5. The highest BCUT2D eigenvalue weighted by Gasteiger charge is 2.24. The van der Waals surface area contributed by atoms with Gasteiger partial charge in [-0.05, 0) is 37.1 Å². The first-order valence-electron chi connectivity index (χ1n) is 10.3. The third-order valence-corrected chi connectivity index (χ3v) is 6.37. The lowest BCUT2D eigenvalue weighted by atomic mass is 10.0. The summed E-state index contributed by atoms with van der Waals surface area (Å²) >= 11 is 5.97. The number of hydrogen-bond acceptors (Lipinski definition) is 2. The van der Waals surface area contributed by atoms with Crippen molar-refractivity contribution in [3.05, 3.63) is 69.9 Å². The molecule has 0 saturated carbocycles. The van der Waals surface area contributed by atoms with Gasteiger partial charge in [-0.2, -0.15) is 0 Å². The molecule has 0 aliphatic carbocycles. The SMILES string of the molecule is Cc1ccc2c(CC(=O)NC3CC[NH+](Cc4ccc(Cl)cc4)CC3)coc2c1C. The predicted octanol–water partition coefficient (Wildman–Crippen LogP) is 3.61. The van der Waals surface area contributed by atoms with E-state index in [1.165, 1.54) is 11.1 Å². The highest BCUT2D eigenvalue weighted by Crippen LogP contribution is 2.26. The zero-order chi connectivity index (χ0) is 20.4. The average molecular weight is 412 g/mol. The molecule has 5 heteroatoms. The van der Waals surface area contributed by atoms with Gasteiger partial charge in [0.25, 0.3) is 0 Å². The average Bonchev–Trinajstić information content (AvgIpc) is 3.11. The lowest BCUT2D eigenvalue weighted by Crippen LogP contribution is -3.12. The Kier molecular flexibility index (Phi) is 5.93. The van der Waals surface area contributed by atoms with E-state index in [1.807, 2.05) is 12.1 Å². The van der Waals surface area contributed by atoms with Crippen LogP contribution in [0.15, 0.2) is 47.1 Å². The molecule has 29 heavy (non-hydrogen) atoms. The molecule has 0 unspecified atom stereocenters. The van der Waals surface area contributed by atoms with Crippen molar-refractivity contribution >= 4 is 28.5 Å². The number of rotatable bonds is 5. The number of quaternary nitrogens is 1. The number of likely N-dealkylation sites (tertiary alicyclic amines) is 1. The van der Waals surface area contributed by atoms with Crippen molar-refractivity contribution in [3.63, 3.8) is 0 Å². The second-order valence-corrected chi connectivity index (χ2v) is 8.65. The fourth-order valence-corrected chi connectivity index (χ4v) is 4.34. The normalized spacial score (nSPS) is 19.4. The van der Waals surface area contributed by atoms with Gasteiger partial charge < -0.3 is 14.6 Å². The molecule has 152 valence electrons. The molecule has 4 rings (SSSR count). The number of amides is 1. The van der Waals surface area contributed by atoms with Crippen LogP contribution in [0.2, 0.25) is 5.02 Å². The number of hydrogen-bond donors (Lipinski definition) is 2. The fourth-order valence-electron chi connectivity index (χ4n) is 4.22. The van der Waals surface area contributed by atoms with E-state index >= 15 is 0 Å². The van der Waals surface area contributed by atoms with Gasteiger partial charge in [-0.3, -0.25) is 4.79 Å². The van der Waals surface area contributed by atoms with Crippen LogP contribution in [0.25, 0.3) is 11.0 Å². The van der Waals surface area contributed by atoms with E-state index in [0.29, 0.717) is 6.42 Å². The van der Waals surface area contributed by atoms with Crippen LogP contribution >= 0.6 is 11.6 Å². The van der Waals surface area contributed by atoms with Gasteiger partial charge in [0.1, 0.15) is 12.1 Å². The quantitative estimate of drug-likeness (QED) is 0.673. The lowest BCUT2D eigenvalue weighted by molar-refractivity contribution is -0.918. The summed E-state index contributed by atoms with van der Waals surface area (Å²) < 4.78 is 5.74. The third-order valence-electron chi connectivity index (χ3n) is 6.12. The van der Waals surface area contributed by atoms with Crippen molar-refractivity contribution in [2.45, 2.75) is 45.7 Å². The number of fused-ring (bicyclic) bond motifs is 1. The molecule has 1 fully saturated rings. The number of halogens is 1. The van der Waals surface area contributed by atoms with Gasteiger partial charge in [-0.15, -0.1) is 0 Å². The number of piperidine rings is 1. The van der Waals surface area contributed by atoms with Crippen molar-refractivity contribution in [3.8, 4) is 0 Å². The third kappa shape index (κ3) is 4.65. The van der Waals surface area contributed by atoms with E-state index in [1.54, 1.807) is 11.2 Å². The molecule has 3 aromatic rings. The van der Waals surface area contributed by atoms with E-state index in [2.05, 4.69) is 43.4 Å². The summed E-state index contributed by atoms with van der Waals surface area (Å²) in [6, 6.07) is 12.5. The van der Waals surface area contributed by atoms with E-state index in [0.717, 1.165) is 59.6 Å². The molecule has 0 bridgehead atoms. The molecule has 0 spiro atoms. The summed E-state index contributed by atoms with van der Waals surface area (Å²) in [7, 11) is 0. The summed E-state index contributed by atoms with van der Waals surface area (Å²) in [5, 5.41) is 5.05. The highest BCUT2D eigenvalue weighted by molar-refractivity contribution is 6.30. The van der Waals surface area contributed by atoms with Crippen LogP contribution in [-0.2, 0) is 17.8 Å². The number of nitrogens with one attached hydrogen (secondary N) is 2. The van der Waals surface area contributed by atoms with Crippen molar-refractivity contribution in [2.75, 3.05) is 13.1 Å². The second kappa shape index (κ2) is 8.60. The summed E-state index contributed by atoms with van der Waals surface area (Å²) in [5.41, 5.74) is 5.52. The van der Waals surface area contributed by atoms with E-state index in [4.69, 9.17) is 16.0 Å². The summed E-state index contributed by atoms with van der Waals surface area (Å²) in [5.74, 6) is 0.0806. The molecule has 1 aromatic heterocycles. The first kappa shape index (κ1) is 20.0. The molecule has 0 atom stereocenters. The van der Waals surface area contributed by atoms with Crippen molar-refractivity contribution in [1.82, 2.24) is 5.32 Å². The monoisotopic (exact) mass is 411 g/mol. The minimum absolute atomic E-state index is 0.0806. The van der Waals surface area contributed by atoms with E-state index < -0.39 is 0 Å². The molecule has 1 aliphatic rings. The van der Waals surface area contributed by atoms with Crippen molar-refractivity contribution in [2.24, 2.45) is 0 Å². The Labute approximate surface area is 176 Å². The van der Waals surface area contributed by atoms with Gasteiger partial charge in [0.2, 0.25) is 5.91 Å². The summed E-state index contributed by atoms with van der Waals surface area (Å²) in [6.07, 6.45) is 4.13. The Balaban J connectivity index is 1.29. The topological polar surface area (TPSA) is 46.7 Å². The molecule has 2 heterocycles. The zero-order valence-electron chi connectivity index (χ0n) is 17.1. The minimum atomic E-state index is 0.0806. The largest absolute Gasteiger partial charge is 0.464 e. The number of furan rings is 1. The predicted molar refractivity (Wildman–Crippen MR) is 116 cm³/mol. The van der Waals surface area contributed by atoms with Crippen LogP contribution in [0.4, 0.5) is 0 Å². The maximum absolute atomic E-state index is 12.6. The molecule has 1 aliphatic heterocycles. The zero-order valence-corrected chi connectivity index (χ0v) is 17.8. The second-order valence-electron chi connectivity index (χ2n) is 8.22. The molecule has 1 amide bonds. The molecule has 2 N–H and O–H groups in total. The smallest absolute Gasteiger partial charge is 0.224 e. The Hall–Kier alpha value is -2.30. The Morgan fingerprint density at radius 3 is 2.59 bits per heavy atom. The standard InChI is InChI=1S/C24H27ClN2O2/c1-16-3-8-22-19(15-29-24(22)17(16)2)13-23(28)26-21-9-11-27(12-10-21)14-18-4-6-20(25)7-5-18/h3-8,15,21H,9-14H2,1-2H3,(H,26,28)/p+1. The van der Waals surface area contributed by atoms with Gasteiger partial charge in [-0.1, -0.05) is 35.9 Å². The van der Waals surface area contributed by atoms with Crippen LogP contribution < -0.4 is 10.2 Å². The maximum atomic E-state index is 12.6. The number of carbonyl (C=O) groups excluding carboxylic acids is 1. The van der Waals surface area contributed by atoms with Crippen LogP contribution in [0, 0.1) is 13.8 Å². The fraction of sp³-hybridized carbons (Fsp3) is 0.375. The number of carbonyl (C=O) groups is 1. The lowest BCUT2D eigenvalue weighted by Gasteiger charge is -2.29. The maximum Gasteiger partial charge on any atom is 0.224 e. The minimum Gasteiger partial charge on any atom is -0.464 e. The summed E-state index contributed by atoms with van der Waals surface area (Å²) in [4.78, 5) is 14.2. The van der Waals surface area contributed by atoms with E-state index in [9.17, 15) is 4.79 Å². The molecule has 4 nitrogen and oxygen atoms in total. The first-order valence-corrected chi connectivity index (χ1v) is 10.7. The van der Waals surface area contributed by atoms with Gasteiger partial charge in [0, 0.05) is 40.4 Å². The Morgan fingerprint density at radius 2 is 1.86 bits per heavy atom. The van der Waals surface area contributed by atoms with Gasteiger partial charge in [0.15, 0.2) is 0 Å². The van der Waals surface area contributed by atoms with Crippen LogP contribution in [0.5, 0.6) is 0 Å². The molecule has 2 aromatic carbocycles. The molecule has 1 saturated heterocycles. The van der Waals surface area contributed by atoms with Crippen LogP contribution in [0.3, 0.4) is 0 Å². The van der Waals surface area contributed by atoms with Crippen molar-refractivity contribution < 1.29 is 14.1 Å². The van der Waals surface area contributed by atoms with E-state index in [-0.39, 0.29) is 11.9 Å². The molecular weight excluding hydrogens is 384 g/mol. The van der Waals surface area contributed by atoms with Crippen molar-refractivity contribution in [1.29, 1.82) is 0 Å². The van der Waals surface area contributed by atoms with Gasteiger partial charge in [-0.25, -0.2) is 0 Å². The van der Waals surface area contributed by atoms with Gasteiger partial charge in [0.05, 0.1) is 25.8 Å². The molecular formula is C24H28ClN2O2+. The van der Waals surface area contributed by atoms with Gasteiger partial charge >= 0.3 is 0 Å². The summed E-state index contributed by atoms with van der Waals surface area (Å²) in [6.45, 7) is 7.29. The number of aryl methyl sites for hydroxylation is 2. The van der Waals surface area contributed by atoms with Crippen LogP contribution in [-0.4, -0.2) is 25.0 Å². The Morgan fingerprint density at radius 1 is 1.14 bits per heavy atom. The Bertz CT molecular complexity index is 1000. The first-order chi connectivity index (χ1) is 14.0. The number of benzene rings is 2. The molecule has 0 radical (unpaired) electrons.